The fourth-order valence-corrected chi connectivity index (χ4v) is 2.51. The maximum atomic E-state index is 13.8. The van der Waals surface area contributed by atoms with Gasteiger partial charge in [0.05, 0.1) is 0 Å². The van der Waals surface area contributed by atoms with Crippen molar-refractivity contribution in [3.05, 3.63) is 36.5 Å². The van der Waals surface area contributed by atoms with Crippen molar-refractivity contribution in [3.8, 4) is 0 Å². The van der Waals surface area contributed by atoms with E-state index in [1.807, 2.05) is 30.0 Å². The number of pyridine rings is 1. The second kappa shape index (κ2) is 6.13. The molecule has 116 valence electrons. The summed E-state index contributed by atoms with van der Waals surface area (Å²) in [5.41, 5.74) is 0. The normalized spacial score (nSPS) is 15.0. The molecule has 0 aliphatic carbocycles. The number of anilines is 3. The lowest BCUT2D eigenvalue weighted by Crippen LogP contribution is -2.47. The molecule has 3 heterocycles. The molecule has 1 saturated heterocycles. The zero-order chi connectivity index (χ0) is 15.5. The fraction of sp³-hybridized carbons (Fsp3) is 0.400. The summed E-state index contributed by atoms with van der Waals surface area (Å²) in [6, 6.07) is 5.03. The molecule has 7 heteroatoms. The first-order valence-electron chi connectivity index (χ1n) is 7.25. The Balaban J connectivity index is 1.69. The van der Waals surface area contributed by atoms with Crippen LogP contribution in [0, 0.1) is 5.82 Å². The van der Waals surface area contributed by atoms with Gasteiger partial charge >= 0.3 is 0 Å². The quantitative estimate of drug-likeness (QED) is 0.854. The van der Waals surface area contributed by atoms with Gasteiger partial charge in [0.25, 0.3) is 0 Å². The molecular formula is C15H19FN6. The minimum Gasteiger partial charge on any atom is -0.363 e. The average Bonchev–Trinajstić information content (AvgIpc) is 2.56. The van der Waals surface area contributed by atoms with Crippen LogP contribution in [-0.2, 0) is 0 Å². The Morgan fingerprint density at radius 2 is 1.77 bits per heavy atom. The van der Waals surface area contributed by atoms with E-state index in [-0.39, 0.29) is 5.82 Å². The molecule has 2 aromatic heterocycles. The van der Waals surface area contributed by atoms with E-state index in [9.17, 15) is 4.39 Å². The van der Waals surface area contributed by atoms with Crippen LogP contribution in [0.4, 0.5) is 21.8 Å². The predicted molar refractivity (Wildman–Crippen MR) is 85.0 cm³/mol. The third kappa shape index (κ3) is 2.93. The summed E-state index contributed by atoms with van der Waals surface area (Å²) >= 11 is 0. The van der Waals surface area contributed by atoms with Crippen LogP contribution < -0.4 is 14.7 Å². The SMILES string of the molecule is CN(C)c1cc(N2CCN(c3ncccc3F)CC2)ncn1. The summed E-state index contributed by atoms with van der Waals surface area (Å²) < 4.78 is 13.8. The van der Waals surface area contributed by atoms with E-state index < -0.39 is 0 Å². The molecule has 0 radical (unpaired) electrons. The third-order valence-electron chi connectivity index (χ3n) is 3.74. The zero-order valence-electron chi connectivity index (χ0n) is 12.8. The molecule has 2 aromatic rings. The lowest BCUT2D eigenvalue weighted by molar-refractivity contribution is 0.587. The zero-order valence-corrected chi connectivity index (χ0v) is 12.8. The Labute approximate surface area is 129 Å². The van der Waals surface area contributed by atoms with E-state index >= 15 is 0 Å². The number of piperazine rings is 1. The average molecular weight is 302 g/mol. The van der Waals surface area contributed by atoms with E-state index in [1.165, 1.54) is 6.07 Å². The van der Waals surface area contributed by atoms with E-state index in [0.717, 1.165) is 37.8 Å². The lowest BCUT2D eigenvalue weighted by Gasteiger charge is -2.36. The summed E-state index contributed by atoms with van der Waals surface area (Å²) in [5.74, 6) is 1.94. The van der Waals surface area contributed by atoms with Gasteiger partial charge in [0.2, 0.25) is 0 Å². The number of hydrogen-bond donors (Lipinski definition) is 0. The van der Waals surface area contributed by atoms with Gasteiger partial charge in [-0.3, -0.25) is 0 Å². The Kier molecular flexibility index (Phi) is 4.04. The molecule has 0 atom stereocenters. The largest absolute Gasteiger partial charge is 0.363 e. The first-order chi connectivity index (χ1) is 10.6. The number of nitrogens with zero attached hydrogens (tertiary/aromatic N) is 6. The van der Waals surface area contributed by atoms with Gasteiger partial charge in [0.1, 0.15) is 18.0 Å². The molecule has 0 saturated carbocycles. The second-order valence-corrected chi connectivity index (χ2v) is 5.41. The van der Waals surface area contributed by atoms with Gasteiger partial charge in [0.15, 0.2) is 11.6 Å². The lowest BCUT2D eigenvalue weighted by atomic mass is 10.3. The minimum atomic E-state index is -0.270. The summed E-state index contributed by atoms with van der Waals surface area (Å²) in [6.07, 6.45) is 3.20. The Morgan fingerprint density at radius 1 is 1.05 bits per heavy atom. The van der Waals surface area contributed by atoms with Gasteiger partial charge in [-0.25, -0.2) is 19.3 Å². The number of hydrogen-bond acceptors (Lipinski definition) is 6. The van der Waals surface area contributed by atoms with Gasteiger partial charge in [-0.05, 0) is 12.1 Å². The molecule has 22 heavy (non-hydrogen) atoms. The molecule has 0 N–H and O–H groups in total. The van der Waals surface area contributed by atoms with Gasteiger partial charge in [0, 0.05) is 52.5 Å². The molecule has 0 bridgehead atoms. The van der Waals surface area contributed by atoms with Crippen LogP contribution in [0.2, 0.25) is 0 Å². The van der Waals surface area contributed by atoms with Gasteiger partial charge < -0.3 is 14.7 Å². The predicted octanol–water partition coefficient (Wildman–Crippen LogP) is 1.40. The fourth-order valence-electron chi connectivity index (χ4n) is 2.51. The van der Waals surface area contributed by atoms with Crippen LogP contribution in [0.1, 0.15) is 0 Å². The highest BCUT2D eigenvalue weighted by atomic mass is 19.1. The molecule has 3 rings (SSSR count). The van der Waals surface area contributed by atoms with Gasteiger partial charge in [-0.1, -0.05) is 0 Å². The van der Waals surface area contributed by atoms with Crippen molar-refractivity contribution < 1.29 is 4.39 Å². The minimum absolute atomic E-state index is 0.270. The van der Waals surface area contributed by atoms with Crippen molar-refractivity contribution in [1.29, 1.82) is 0 Å². The summed E-state index contributed by atoms with van der Waals surface area (Å²) in [5, 5.41) is 0. The first kappa shape index (κ1) is 14.5. The molecule has 0 amide bonds. The molecule has 1 aliphatic rings. The number of rotatable bonds is 3. The van der Waals surface area contributed by atoms with Crippen LogP contribution >= 0.6 is 0 Å². The van der Waals surface area contributed by atoms with E-state index in [1.54, 1.807) is 18.6 Å². The van der Waals surface area contributed by atoms with Crippen molar-refractivity contribution in [2.75, 3.05) is 55.0 Å². The van der Waals surface area contributed by atoms with Crippen LogP contribution in [0.15, 0.2) is 30.7 Å². The topological polar surface area (TPSA) is 48.4 Å². The van der Waals surface area contributed by atoms with Crippen LogP contribution in [-0.4, -0.2) is 55.2 Å². The second-order valence-electron chi connectivity index (χ2n) is 5.41. The smallest absolute Gasteiger partial charge is 0.165 e. The standard InChI is InChI=1S/C15H19FN6/c1-20(2)13-10-14(19-11-18-13)21-6-8-22(9-7-21)15-12(16)4-3-5-17-15/h3-5,10-11H,6-9H2,1-2H3. The van der Waals surface area contributed by atoms with Crippen molar-refractivity contribution in [2.45, 2.75) is 0 Å². The number of aromatic nitrogens is 3. The van der Waals surface area contributed by atoms with Crippen LogP contribution in [0.5, 0.6) is 0 Å². The van der Waals surface area contributed by atoms with Gasteiger partial charge in [-0.15, -0.1) is 0 Å². The molecule has 1 aliphatic heterocycles. The van der Waals surface area contributed by atoms with Crippen LogP contribution in [0.3, 0.4) is 0 Å². The Morgan fingerprint density at radius 3 is 2.45 bits per heavy atom. The summed E-state index contributed by atoms with van der Waals surface area (Å²) in [7, 11) is 3.90. The number of halogens is 1. The van der Waals surface area contributed by atoms with E-state index in [0.29, 0.717) is 5.82 Å². The Hall–Kier alpha value is -2.44. The molecule has 6 nitrogen and oxygen atoms in total. The van der Waals surface area contributed by atoms with E-state index in [2.05, 4.69) is 19.9 Å². The molecule has 1 fully saturated rings. The first-order valence-corrected chi connectivity index (χ1v) is 7.25. The third-order valence-corrected chi connectivity index (χ3v) is 3.74. The van der Waals surface area contributed by atoms with Crippen molar-refractivity contribution in [2.24, 2.45) is 0 Å². The van der Waals surface area contributed by atoms with Crippen LogP contribution in [0.25, 0.3) is 0 Å². The Bertz CT molecular complexity index is 639. The molecular weight excluding hydrogens is 283 g/mol. The highest BCUT2D eigenvalue weighted by Crippen LogP contribution is 2.21. The maximum absolute atomic E-state index is 13.8. The van der Waals surface area contributed by atoms with Crippen molar-refractivity contribution >= 4 is 17.5 Å². The summed E-state index contributed by atoms with van der Waals surface area (Å²) in [6.45, 7) is 2.99. The molecule has 0 unspecified atom stereocenters. The van der Waals surface area contributed by atoms with Crippen molar-refractivity contribution in [3.63, 3.8) is 0 Å². The monoisotopic (exact) mass is 302 g/mol. The summed E-state index contributed by atoms with van der Waals surface area (Å²) in [4.78, 5) is 18.8. The highest BCUT2D eigenvalue weighted by Gasteiger charge is 2.21. The van der Waals surface area contributed by atoms with E-state index in [4.69, 9.17) is 0 Å². The highest BCUT2D eigenvalue weighted by molar-refractivity contribution is 5.51. The maximum Gasteiger partial charge on any atom is 0.165 e. The van der Waals surface area contributed by atoms with Crippen molar-refractivity contribution in [1.82, 2.24) is 15.0 Å². The molecule has 0 aromatic carbocycles. The van der Waals surface area contributed by atoms with Gasteiger partial charge in [-0.2, -0.15) is 0 Å². The molecule has 0 spiro atoms.